The average molecular weight is 824 g/mol. The summed E-state index contributed by atoms with van der Waals surface area (Å²) in [6.45, 7) is 2.77. The minimum Gasteiger partial charge on any atom is -0.208 e. The summed E-state index contributed by atoms with van der Waals surface area (Å²) in [6.07, 6.45) is 8.45. The number of nitrogens with zero attached hydrogens (tertiary/aromatic N) is 3. The highest BCUT2D eigenvalue weighted by Crippen LogP contribution is 2.79. The van der Waals surface area contributed by atoms with Gasteiger partial charge < -0.3 is 0 Å². The lowest BCUT2D eigenvalue weighted by Gasteiger charge is -2.58. The van der Waals surface area contributed by atoms with Crippen LogP contribution in [-0.4, -0.2) is 15.0 Å². The highest BCUT2D eigenvalue weighted by Gasteiger charge is 2.72. The largest absolute Gasteiger partial charge is 0.208 e. The van der Waals surface area contributed by atoms with E-state index < -0.39 is 0 Å². The summed E-state index contributed by atoms with van der Waals surface area (Å²) >= 11 is 0. The second kappa shape index (κ2) is 12.8. The maximum absolute atomic E-state index is 5.54. The van der Waals surface area contributed by atoms with Crippen LogP contribution in [0.2, 0.25) is 0 Å². The van der Waals surface area contributed by atoms with E-state index in [0.29, 0.717) is 28.9 Å². The van der Waals surface area contributed by atoms with Crippen LogP contribution in [0.25, 0.3) is 88.7 Å². The molecule has 9 unspecified atom stereocenters. The molecule has 0 saturated heterocycles. The van der Waals surface area contributed by atoms with Crippen LogP contribution in [-0.2, 0) is 5.41 Å². The maximum Gasteiger partial charge on any atom is 0.164 e. The van der Waals surface area contributed by atoms with Gasteiger partial charge in [0.05, 0.1) is 0 Å². The molecule has 6 fully saturated rings. The lowest BCUT2D eigenvalue weighted by Crippen LogP contribution is -2.52. The van der Waals surface area contributed by atoms with Gasteiger partial charge in [0.1, 0.15) is 0 Å². The summed E-state index contributed by atoms with van der Waals surface area (Å²) in [7, 11) is 0. The van der Waals surface area contributed by atoms with Crippen molar-refractivity contribution < 1.29 is 0 Å². The van der Waals surface area contributed by atoms with Gasteiger partial charge in [0, 0.05) is 22.1 Å². The van der Waals surface area contributed by atoms with E-state index in [0.717, 1.165) is 57.7 Å². The van der Waals surface area contributed by atoms with Crippen LogP contribution in [0.15, 0.2) is 164 Å². The number of hydrogen-bond acceptors (Lipinski definition) is 3. The standard InChI is InChI=1S/C61H49N3/c1-60-34-35-26-47-40-29-41(31-52(47)60)61(55(30-40)54(60)27-35)51-25-13-24-46(56(51)50-32-48-44-22-10-8-20-42(44)43-21-9-11-23-45(43)49(48)33-53(50)61)59-63-57(37-16-6-3-7-17-37)62-58(64-59)39-19-12-18-38(28-39)36-14-4-2-5-15-36/h2-25,28,32-33,35,40-41,47,52,54-55H,26-27,29-31,34H2,1H3. The summed E-state index contributed by atoms with van der Waals surface area (Å²) in [5.41, 5.74) is 11.8. The predicted molar refractivity (Wildman–Crippen MR) is 261 cm³/mol. The van der Waals surface area contributed by atoms with E-state index in [1.807, 2.05) is 0 Å². The van der Waals surface area contributed by atoms with Gasteiger partial charge in [-0.1, -0.05) is 153 Å². The number of hydrogen-bond donors (Lipinski definition) is 0. The Bertz CT molecular complexity index is 3430. The SMILES string of the molecule is CC12CC3CC4C5CC(CC41)C1(c4cc6c7ccccc7c7ccccc7c6cc4-c4c(-c6nc(-c7ccccc7)nc(-c7cccc(-c8ccccc8)c7)n6)cccc41)C(C5)C2C3. The molecule has 0 amide bonds. The van der Waals surface area contributed by atoms with Crippen LogP contribution in [0, 0.1) is 46.8 Å². The Morgan fingerprint density at radius 1 is 0.422 bits per heavy atom. The molecule has 16 rings (SSSR count). The normalized spacial score (nSPS) is 28.9. The molecule has 9 atom stereocenters. The summed E-state index contributed by atoms with van der Waals surface area (Å²) in [5.74, 6) is 7.68. The van der Waals surface area contributed by atoms with Crippen LogP contribution in [0.5, 0.6) is 0 Å². The Balaban J connectivity index is 1.03. The van der Waals surface area contributed by atoms with Crippen LogP contribution < -0.4 is 0 Å². The Morgan fingerprint density at radius 3 is 1.78 bits per heavy atom. The summed E-state index contributed by atoms with van der Waals surface area (Å²) in [4.78, 5) is 16.3. The van der Waals surface area contributed by atoms with Gasteiger partial charge in [-0.05, 0) is 169 Å². The average Bonchev–Trinajstić information content (AvgIpc) is 3.78. The van der Waals surface area contributed by atoms with Crippen molar-refractivity contribution in [2.75, 3.05) is 0 Å². The molecule has 7 bridgehead atoms. The van der Waals surface area contributed by atoms with Gasteiger partial charge in [0.2, 0.25) is 0 Å². The molecule has 3 nitrogen and oxygen atoms in total. The molecule has 0 aliphatic heterocycles. The van der Waals surface area contributed by atoms with Gasteiger partial charge in [0.25, 0.3) is 0 Å². The molecule has 9 aromatic rings. The first kappa shape index (κ1) is 35.9. The van der Waals surface area contributed by atoms with E-state index in [1.54, 1.807) is 11.1 Å². The second-order valence-corrected chi connectivity index (χ2v) is 20.9. The zero-order valence-corrected chi connectivity index (χ0v) is 36.2. The van der Waals surface area contributed by atoms with Crippen molar-refractivity contribution in [3.63, 3.8) is 0 Å². The molecule has 308 valence electrons. The fraction of sp³-hybridized carbons (Fsp3) is 0.262. The lowest BCUT2D eigenvalue weighted by atomic mass is 9.46. The lowest BCUT2D eigenvalue weighted by molar-refractivity contribution is -0.0379. The van der Waals surface area contributed by atoms with E-state index in [1.165, 1.54) is 87.5 Å². The van der Waals surface area contributed by atoms with Crippen molar-refractivity contribution in [2.24, 2.45) is 46.8 Å². The number of aromatic nitrogens is 3. The molecule has 0 N–H and O–H groups in total. The van der Waals surface area contributed by atoms with Gasteiger partial charge >= 0.3 is 0 Å². The molecule has 1 aromatic heterocycles. The predicted octanol–water partition coefficient (Wildman–Crippen LogP) is 15.0. The molecule has 7 aliphatic carbocycles. The first-order valence-electron chi connectivity index (χ1n) is 24.0. The Labute approximate surface area is 374 Å². The summed E-state index contributed by atoms with van der Waals surface area (Å²) in [6, 6.07) is 60.8. The van der Waals surface area contributed by atoms with Crippen molar-refractivity contribution in [2.45, 2.75) is 50.9 Å². The van der Waals surface area contributed by atoms with Crippen molar-refractivity contribution in [3.8, 4) is 56.4 Å². The first-order chi connectivity index (χ1) is 31.5. The van der Waals surface area contributed by atoms with Crippen LogP contribution in [0.4, 0.5) is 0 Å². The molecular weight excluding hydrogens is 775 g/mol. The molecular formula is C61H49N3. The third-order valence-corrected chi connectivity index (χ3v) is 18.4. The van der Waals surface area contributed by atoms with Crippen molar-refractivity contribution in [3.05, 3.63) is 175 Å². The molecule has 6 saturated carbocycles. The topological polar surface area (TPSA) is 38.7 Å². The molecule has 1 heterocycles. The molecule has 1 spiro atoms. The van der Waals surface area contributed by atoms with Crippen LogP contribution in [0.3, 0.4) is 0 Å². The van der Waals surface area contributed by atoms with Crippen LogP contribution >= 0.6 is 0 Å². The quantitative estimate of drug-likeness (QED) is 0.166. The second-order valence-electron chi connectivity index (χ2n) is 20.9. The monoisotopic (exact) mass is 823 g/mol. The summed E-state index contributed by atoms with van der Waals surface area (Å²) < 4.78 is 0. The zero-order valence-electron chi connectivity index (χ0n) is 36.2. The third-order valence-electron chi connectivity index (χ3n) is 18.4. The Kier molecular flexibility index (Phi) is 7.22. The smallest absolute Gasteiger partial charge is 0.164 e. The van der Waals surface area contributed by atoms with Gasteiger partial charge in [-0.3, -0.25) is 0 Å². The number of benzene rings is 8. The zero-order chi connectivity index (χ0) is 41.9. The van der Waals surface area contributed by atoms with Gasteiger partial charge in [-0.15, -0.1) is 0 Å². The molecule has 7 aliphatic rings. The molecule has 64 heavy (non-hydrogen) atoms. The molecule has 0 radical (unpaired) electrons. The highest BCUT2D eigenvalue weighted by molar-refractivity contribution is 6.26. The van der Waals surface area contributed by atoms with E-state index in [4.69, 9.17) is 15.0 Å². The molecule has 8 aromatic carbocycles. The third kappa shape index (κ3) is 4.65. The van der Waals surface area contributed by atoms with Crippen molar-refractivity contribution in [1.82, 2.24) is 15.0 Å². The minimum atomic E-state index is -0.0574. The highest BCUT2D eigenvalue weighted by atomic mass is 15.0. The van der Waals surface area contributed by atoms with Gasteiger partial charge in [0.15, 0.2) is 17.5 Å². The first-order valence-corrected chi connectivity index (χ1v) is 24.0. The van der Waals surface area contributed by atoms with E-state index in [9.17, 15) is 0 Å². The minimum absolute atomic E-state index is 0.0574. The fourth-order valence-corrected chi connectivity index (χ4v) is 16.3. The Hall–Kier alpha value is -6.45. The van der Waals surface area contributed by atoms with E-state index in [-0.39, 0.29) is 5.41 Å². The summed E-state index contributed by atoms with van der Waals surface area (Å²) in [5, 5.41) is 8.12. The van der Waals surface area contributed by atoms with Gasteiger partial charge in [-0.25, -0.2) is 15.0 Å². The Morgan fingerprint density at radius 2 is 1.03 bits per heavy atom. The van der Waals surface area contributed by atoms with E-state index in [2.05, 4.69) is 171 Å². The van der Waals surface area contributed by atoms with Crippen molar-refractivity contribution >= 4 is 32.3 Å². The van der Waals surface area contributed by atoms with Crippen LogP contribution in [0.1, 0.15) is 56.6 Å². The molecule has 3 heteroatoms. The van der Waals surface area contributed by atoms with Gasteiger partial charge in [-0.2, -0.15) is 0 Å². The fourth-order valence-electron chi connectivity index (χ4n) is 16.3. The maximum atomic E-state index is 5.54. The van der Waals surface area contributed by atoms with Crippen molar-refractivity contribution in [1.29, 1.82) is 0 Å². The number of fused-ring (bicyclic) bond motifs is 10. The number of rotatable bonds is 4. The van der Waals surface area contributed by atoms with E-state index >= 15 is 0 Å².